The number of hydrogen-bond donors (Lipinski definition) is 0. The zero-order valence-corrected chi connectivity index (χ0v) is 16.5. The Morgan fingerprint density at radius 1 is 1.19 bits per heavy atom. The van der Waals surface area contributed by atoms with Crippen molar-refractivity contribution in [2.45, 2.75) is 44.0 Å². The summed E-state index contributed by atoms with van der Waals surface area (Å²) in [5.41, 5.74) is 2.05. The molecule has 6 heteroatoms. The Bertz CT molecular complexity index is 850. The third-order valence-corrected chi connectivity index (χ3v) is 7.02. The topological polar surface area (TPSA) is 53.5 Å². The number of nitrogens with zero attached hydrogens (tertiary/aromatic N) is 3. The average Bonchev–Trinajstić information content (AvgIpc) is 2.67. The number of sulfonamides is 1. The Hall–Kier alpha value is -1.92. The number of pyridine rings is 1. The van der Waals surface area contributed by atoms with E-state index in [1.807, 2.05) is 38.2 Å². The van der Waals surface area contributed by atoms with Gasteiger partial charge in [-0.1, -0.05) is 30.2 Å². The lowest BCUT2D eigenvalue weighted by atomic mass is 9.97. The zero-order valence-electron chi connectivity index (χ0n) is 15.7. The molecule has 140 valence electrons. The summed E-state index contributed by atoms with van der Waals surface area (Å²) in [6.45, 7) is 5.40. The van der Waals surface area contributed by atoms with Gasteiger partial charge in [-0.2, -0.15) is 4.31 Å². The van der Waals surface area contributed by atoms with E-state index in [1.54, 1.807) is 22.6 Å². The molecule has 0 radical (unpaired) electrons. The molecule has 1 aromatic heterocycles. The molecule has 2 heterocycles. The molecule has 3 rings (SSSR count). The molecule has 0 aliphatic carbocycles. The van der Waals surface area contributed by atoms with Gasteiger partial charge in [-0.3, -0.25) is 0 Å². The standard InChI is InChI=1S/C20H27N3O2S/c1-4-22(3)20-18(8-7-14-21-20)19-9-5-6-15-23(19)26(24,25)17-12-10-16(2)11-13-17/h7-8,10-14,19H,4-6,9,15H2,1-3H3/t19-/m0/s1. The molecule has 2 aromatic rings. The van der Waals surface area contributed by atoms with Gasteiger partial charge >= 0.3 is 0 Å². The minimum Gasteiger partial charge on any atom is -0.360 e. The van der Waals surface area contributed by atoms with E-state index in [0.29, 0.717) is 11.4 Å². The molecular formula is C20H27N3O2S. The second-order valence-corrected chi connectivity index (χ2v) is 8.76. The van der Waals surface area contributed by atoms with Crippen molar-refractivity contribution >= 4 is 15.8 Å². The molecular weight excluding hydrogens is 346 g/mol. The number of aryl methyl sites for hydroxylation is 1. The Morgan fingerprint density at radius 3 is 2.62 bits per heavy atom. The number of hydrogen-bond acceptors (Lipinski definition) is 4. The van der Waals surface area contributed by atoms with Crippen LogP contribution >= 0.6 is 0 Å². The van der Waals surface area contributed by atoms with Crippen molar-refractivity contribution in [1.29, 1.82) is 0 Å². The zero-order chi connectivity index (χ0) is 18.7. The van der Waals surface area contributed by atoms with Gasteiger partial charge in [-0.05, 0) is 44.9 Å². The average molecular weight is 374 g/mol. The summed E-state index contributed by atoms with van der Waals surface area (Å²) in [5, 5.41) is 0. The van der Waals surface area contributed by atoms with Crippen molar-refractivity contribution in [2.24, 2.45) is 0 Å². The Morgan fingerprint density at radius 2 is 1.92 bits per heavy atom. The molecule has 0 saturated carbocycles. The molecule has 26 heavy (non-hydrogen) atoms. The molecule has 0 unspecified atom stereocenters. The number of aromatic nitrogens is 1. The van der Waals surface area contributed by atoms with Crippen LogP contribution in [0, 0.1) is 6.92 Å². The molecule has 0 amide bonds. The van der Waals surface area contributed by atoms with Gasteiger partial charge in [-0.25, -0.2) is 13.4 Å². The van der Waals surface area contributed by atoms with Crippen molar-refractivity contribution in [2.75, 3.05) is 25.0 Å². The second-order valence-electron chi connectivity index (χ2n) is 6.87. The van der Waals surface area contributed by atoms with Gasteiger partial charge in [0.15, 0.2) is 0 Å². The maximum atomic E-state index is 13.3. The van der Waals surface area contributed by atoms with Gasteiger partial charge < -0.3 is 4.90 Å². The lowest BCUT2D eigenvalue weighted by Gasteiger charge is -2.36. The highest BCUT2D eigenvalue weighted by molar-refractivity contribution is 7.89. The molecule has 1 fully saturated rings. The number of rotatable bonds is 5. The number of anilines is 1. The second kappa shape index (κ2) is 7.76. The molecule has 0 bridgehead atoms. The van der Waals surface area contributed by atoms with Crippen LogP contribution in [0.3, 0.4) is 0 Å². The van der Waals surface area contributed by atoms with Crippen molar-refractivity contribution in [3.63, 3.8) is 0 Å². The summed E-state index contributed by atoms with van der Waals surface area (Å²) in [5.74, 6) is 0.867. The summed E-state index contributed by atoms with van der Waals surface area (Å²) in [6.07, 6.45) is 4.50. The summed E-state index contributed by atoms with van der Waals surface area (Å²) in [7, 11) is -1.54. The van der Waals surface area contributed by atoms with Crippen LogP contribution in [0.15, 0.2) is 47.5 Å². The van der Waals surface area contributed by atoms with E-state index >= 15 is 0 Å². The summed E-state index contributed by atoms with van der Waals surface area (Å²) >= 11 is 0. The van der Waals surface area contributed by atoms with Gasteiger partial charge in [0.1, 0.15) is 5.82 Å². The van der Waals surface area contributed by atoms with Crippen molar-refractivity contribution < 1.29 is 8.42 Å². The van der Waals surface area contributed by atoms with Crippen LogP contribution < -0.4 is 4.90 Å². The van der Waals surface area contributed by atoms with Crippen molar-refractivity contribution in [3.8, 4) is 0 Å². The van der Waals surface area contributed by atoms with Crippen LogP contribution in [0.2, 0.25) is 0 Å². The first kappa shape index (κ1) is 18.9. The minimum absolute atomic E-state index is 0.173. The molecule has 5 nitrogen and oxygen atoms in total. The number of piperidine rings is 1. The van der Waals surface area contributed by atoms with Crippen LogP contribution in [0.4, 0.5) is 5.82 Å². The van der Waals surface area contributed by atoms with E-state index in [0.717, 1.165) is 42.8 Å². The summed E-state index contributed by atoms with van der Waals surface area (Å²) < 4.78 is 28.3. The molecule has 1 aliphatic rings. The third kappa shape index (κ3) is 3.62. The highest BCUT2D eigenvalue weighted by Crippen LogP contribution is 2.38. The SMILES string of the molecule is CCN(C)c1ncccc1[C@@H]1CCCCN1S(=O)(=O)c1ccc(C)cc1. The molecule has 1 atom stereocenters. The Kier molecular flexibility index (Phi) is 5.63. The fourth-order valence-corrected chi connectivity index (χ4v) is 5.16. The molecule has 1 saturated heterocycles. The van der Waals surface area contributed by atoms with Gasteiger partial charge in [0.2, 0.25) is 10.0 Å². The number of benzene rings is 1. The van der Waals surface area contributed by atoms with E-state index in [4.69, 9.17) is 0 Å². The van der Waals surface area contributed by atoms with E-state index < -0.39 is 10.0 Å². The van der Waals surface area contributed by atoms with Crippen LogP contribution in [0.25, 0.3) is 0 Å². The minimum atomic E-state index is -3.54. The lowest BCUT2D eigenvalue weighted by molar-refractivity contribution is 0.256. The predicted octanol–water partition coefficient (Wildman–Crippen LogP) is 3.76. The fourth-order valence-electron chi connectivity index (χ4n) is 3.49. The van der Waals surface area contributed by atoms with Crippen LogP contribution in [-0.4, -0.2) is 37.8 Å². The van der Waals surface area contributed by atoms with Gasteiger partial charge in [0.25, 0.3) is 0 Å². The first-order chi connectivity index (χ1) is 12.4. The van der Waals surface area contributed by atoms with Crippen molar-refractivity contribution in [1.82, 2.24) is 9.29 Å². The van der Waals surface area contributed by atoms with Crippen LogP contribution in [-0.2, 0) is 10.0 Å². The Labute approximate surface area is 156 Å². The highest BCUT2D eigenvalue weighted by Gasteiger charge is 2.36. The Balaban J connectivity index is 2.03. The normalized spacial score (nSPS) is 18.7. The smallest absolute Gasteiger partial charge is 0.243 e. The van der Waals surface area contributed by atoms with E-state index in [9.17, 15) is 8.42 Å². The fraction of sp³-hybridized carbons (Fsp3) is 0.450. The van der Waals surface area contributed by atoms with Crippen LogP contribution in [0.1, 0.15) is 43.4 Å². The maximum Gasteiger partial charge on any atom is 0.243 e. The van der Waals surface area contributed by atoms with E-state index in [2.05, 4.69) is 16.8 Å². The predicted molar refractivity (Wildman–Crippen MR) is 105 cm³/mol. The lowest BCUT2D eigenvalue weighted by Crippen LogP contribution is -2.39. The van der Waals surface area contributed by atoms with E-state index in [1.165, 1.54) is 0 Å². The van der Waals surface area contributed by atoms with Gasteiger partial charge in [0.05, 0.1) is 10.9 Å². The maximum absolute atomic E-state index is 13.3. The molecule has 0 N–H and O–H groups in total. The molecule has 1 aliphatic heterocycles. The molecule has 0 spiro atoms. The van der Waals surface area contributed by atoms with Crippen LogP contribution in [0.5, 0.6) is 0 Å². The van der Waals surface area contributed by atoms with Crippen molar-refractivity contribution in [3.05, 3.63) is 53.7 Å². The first-order valence-corrected chi connectivity index (χ1v) is 10.6. The summed E-state index contributed by atoms with van der Waals surface area (Å²) in [4.78, 5) is 6.97. The largest absolute Gasteiger partial charge is 0.360 e. The molecule has 1 aromatic carbocycles. The monoisotopic (exact) mass is 373 g/mol. The quantitative estimate of drug-likeness (QED) is 0.801. The van der Waals surface area contributed by atoms with Gasteiger partial charge in [0, 0.05) is 31.9 Å². The summed E-state index contributed by atoms with van der Waals surface area (Å²) in [6, 6.07) is 10.9. The van der Waals surface area contributed by atoms with E-state index in [-0.39, 0.29) is 6.04 Å². The third-order valence-electron chi connectivity index (χ3n) is 5.09. The first-order valence-electron chi connectivity index (χ1n) is 9.19. The highest BCUT2D eigenvalue weighted by atomic mass is 32.2. The van der Waals surface area contributed by atoms with Gasteiger partial charge in [-0.15, -0.1) is 0 Å².